The van der Waals surface area contributed by atoms with Crippen LogP contribution in [0, 0.1) is 20.8 Å². The Morgan fingerprint density at radius 3 is 2.33 bits per heavy atom. The van der Waals surface area contributed by atoms with Gasteiger partial charge < -0.3 is 5.32 Å². The van der Waals surface area contributed by atoms with E-state index in [-0.39, 0.29) is 19.0 Å². The van der Waals surface area contributed by atoms with Crippen LogP contribution in [0.3, 0.4) is 0 Å². The van der Waals surface area contributed by atoms with Crippen LogP contribution in [0.15, 0.2) is 29.6 Å². The van der Waals surface area contributed by atoms with Gasteiger partial charge in [0.05, 0.1) is 23.4 Å². The quantitative estimate of drug-likeness (QED) is 0.855. The lowest BCUT2D eigenvalue weighted by molar-refractivity contribution is 0.0959. The van der Waals surface area contributed by atoms with E-state index in [9.17, 15) is 13.2 Å². The number of carbonyl (C=O) groups is 1. The molecule has 2 aromatic rings. The largest absolute Gasteiger partial charge is 0.350 e. The average molecular weight is 367 g/mol. The van der Waals surface area contributed by atoms with E-state index in [1.54, 1.807) is 12.1 Å². The summed E-state index contributed by atoms with van der Waals surface area (Å²) in [7, 11) is -3.44. The minimum Gasteiger partial charge on any atom is -0.350 e. The summed E-state index contributed by atoms with van der Waals surface area (Å²) in [5.74, 6) is -0.184. The number of hydrogen-bond donors (Lipinski definition) is 1. The van der Waals surface area contributed by atoms with Gasteiger partial charge in [0.1, 0.15) is 0 Å². The number of aryl methyl sites for hydroxylation is 3. The summed E-state index contributed by atoms with van der Waals surface area (Å²) in [4.78, 5) is 12.6. The number of benzene rings is 1. The van der Waals surface area contributed by atoms with Crippen molar-refractivity contribution in [1.82, 2.24) is 5.32 Å². The predicted octanol–water partition coefficient (Wildman–Crippen LogP) is 2.87. The van der Waals surface area contributed by atoms with Gasteiger partial charge in [-0.1, -0.05) is 23.8 Å². The zero-order chi connectivity index (χ0) is 17.9. The van der Waals surface area contributed by atoms with Crippen molar-refractivity contribution in [2.45, 2.75) is 20.8 Å². The molecule has 1 amide bonds. The highest BCUT2D eigenvalue weighted by Gasteiger charge is 2.21. The van der Waals surface area contributed by atoms with Gasteiger partial charge in [-0.2, -0.15) is 0 Å². The molecule has 24 heavy (non-hydrogen) atoms. The summed E-state index contributed by atoms with van der Waals surface area (Å²) < 4.78 is 25.8. The van der Waals surface area contributed by atoms with E-state index in [0.29, 0.717) is 10.6 Å². The summed E-state index contributed by atoms with van der Waals surface area (Å²) in [6.07, 6.45) is 1.19. The monoisotopic (exact) mass is 366 g/mol. The van der Waals surface area contributed by atoms with Gasteiger partial charge in [-0.25, -0.2) is 8.42 Å². The van der Waals surface area contributed by atoms with Crippen LogP contribution in [-0.2, 0) is 10.0 Å². The summed E-state index contributed by atoms with van der Waals surface area (Å²) in [5.41, 5.74) is 3.59. The fourth-order valence-corrected chi connectivity index (χ4v) is 4.46. The number of anilines is 1. The van der Waals surface area contributed by atoms with Crippen LogP contribution in [0.4, 0.5) is 5.69 Å². The van der Waals surface area contributed by atoms with Crippen LogP contribution in [0.2, 0.25) is 0 Å². The topological polar surface area (TPSA) is 66.5 Å². The average Bonchev–Trinajstić information content (AvgIpc) is 2.97. The van der Waals surface area contributed by atoms with E-state index >= 15 is 0 Å². The molecule has 0 aliphatic heterocycles. The van der Waals surface area contributed by atoms with Gasteiger partial charge in [0, 0.05) is 6.54 Å². The smallest absolute Gasteiger partial charge is 0.261 e. The Morgan fingerprint density at radius 1 is 1.21 bits per heavy atom. The molecule has 130 valence electrons. The van der Waals surface area contributed by atoms with Gasteiger partial charge >= 0.3 is 0 Å². The van der Waals surface area contributed by atoms with Crippen LogP contribution in [-0.4, -0.2) is 33.7 Å². The minimum atomic E-state index is -3.44. The zero-order valence-corrected chi connectivity index (χ0v) is 15.9. The molecule has 0 aliphatic carbocycles. The van der Waals surface area contributed by atoms with Crippen LogP contribution < -0.4 is 9.62 Å². The Labute approximate surface area is 147 Å². The van der Waals surface area contributed by atoms with E-state index in [1.807, 2.05) is 38.3 Å². The first-order valence-corrected chi connectivity index (χ1v) is 10.3. The van der Waals surface area contributed by atoms with E-state index in [4.69, 9.17) is 0 Å². The molecule has 1 aromatic heterocycles. The second kappa shape index (κ2) is 7.36. The Morgan fingerprint density at radius 2 is 1.83 bits per heavy atom. The molecular weight excluding hydrogens is 344 g/mol. The lowest BCUT2D eigenvalue weighted by Crippen LogP contribution is -2.38. The summed E-state index contributed by atoms with van der Waals surface area (Å²) in [6, 6.07) is 7.47. The number of carbonyl (C=O) groups excluding carboxylic acids is 1. The van der Waals surface area contributed by atoms with E-state index in [2.05, 4.69) is 5.32 Å². The van der Waals surface area contributed by atoms with Crippen molar-refractivity contribution in [2.75, 3.05) is 23.7 Å². The molecule has 0 radical (unpaired) electrons. The number of nitrogens with zero attached hydrogens (tertiary/aromatic N) is 1. The second-order valence-electron chi connectivity index (χ2n) is 5.82. The van der Waals surface area contributed by atoms with E-state index in [0.717, 1.165) is 16.7 Å². The number of sulfonamides is 1. The molecular formula is C17H22N2O3S2. The van der Waals surface area contributed by atoms with Crippen LogP contribution in [0.25, 0.3) is 0 Å². The Kier molecular flexibility index (Phi) is 5.66. The Balaban J connectivity index is 2.18. The van der Waals surface area contributed by atoms with Gasteiger partial charge in [0.2, 0.25) is 10.0 Å². The lowest BCUT2D eigenvalue weighted by Gasteiger charge is -2.26. The van der Waals surface area contributed by atoms with Crippen molar-refractivity contribution in [3.05, 3.63) is 51.2 Å². The number of rotatable bonds is 6. The Hall–Kier alpha value is -1.86. The molecule has 0 unspecified atom stereocenters. The second-order valence-corrected chi connectivity index (χ2v) is 8.67. The molecule has 0 aliphatic rings. The number of thiophene rings is 1. The summed E-state index contributed by atoms with van der Waals surface area (Å²) in [5, 5.41) is 4.60. The van der Waals surface area contributed by atoms with Crippen molar-refractivity contribution < 1.29 is 13.2 Å². The molecule has 0 fully saturated rings. The van der Waals surface area contributed by atoms with Crippen LogP contribution >= 0.6 is 11.3 Å². The van der Waals surface area contributed by atoms with Crippen molar-refractivity contribution >= 4 is 33.0 Å². The number of amides is 1. The Bertz CT molecular complexity index is 805. The first-order chi connectivity index (χ1) is 11.2. The molecule has 0 saturated heterocycles. The maximum Gasteiger partial charge on any atom is 0.261 e. The van der Waals surface area contributed by atoms with Crippen LogP contribution in [0.1, 0.15) is 26.4 Å². The molecule has 1 heterocycles. The molecule has 5 nitrogen and oxygen atoms in total. The first-order valence-electron chi connectivity index (χ1n) is 7.57. The highest BCUT2D eigenvalue weighted by atomic mass is 32.2. The first kappa shape index (κ1) is 18.5. The van der Waals surface area contributed by atoms with Gasteiger partial charge in [0.25, 0.3) is 5.91 Å². The lowest BCUT2D eigenvalue weighted by atomic mass is 10.1. The fraction of sp³-hybridized carbons (Fsp3) is 0.353. The normalized spacial score (nSPS) is 11.3. The molecule has 1 N–H and O–H groups in total. The summed E-state index contributed by atoms with van der Waals surface area (Å²) >= 11 is 1.35. The molecule has 0 saturated carbocycles. The van der Waals surface area contributed by atoms with Gasteiger partial charge in [-0.3, -0.25) is 9.10 Å². The van der Waals surface area contributed by atoms with Crippen molar-refractivity contribution in [1.29, 1.82) is 0 Å². The third-order valence-electron chi connectivity index (χ3n) is 3.63. The van der Waals surface area contributed by atoms with Crippen molar-refractivity contribution in [3.8, 4) is 0 Å². The zero-order valence-electron chi connectivity index (χ0n) is 14.3. The molecule has 0 bridgehead atoms. The van der Waals surface area contributed by atoms with Gasteiger partial charge in [0.15, 0.2) is 0 Å². The highest BCUT2D eigenvalue weighted by Crippen LogP contribution is 2.27. The fourth-order valence-electron chi connectivity index (χ4n) is 2.78. The van der Waals surface area contributed by atoms with Crippen molar-refractivity contribution in [2.24, 2.45) is 0 Å². The maximum atomic E-state index is 12.2. The predicted molar refractivity (Wildman–Crippen MR) is 99.5 cm³/mol. The third-order valence-corrected chi connectivity index (χ3v) is 5.66. The van der Waals surface area contributed by atoms with Crippen molar-refractivity contribution in [3.63, 3.8) is 0 Å². The molecule has 0 atom stereocenters. The minimum absolute atomic E-state index is 0.184. The SMILES string of the molecule is Cc1cc(C)c(N(CCNC(=O)c2cccs2)S(C)(=O)=O)c(C)c1. The number of hydrogen-bond acceptors (Lipinski definition) is 4. The standard InChI is InChI=1S/C17H22N2O3S2/c1-12-10-13(2)16(14(3)11-12)19(24(4,21)22)8-7-18-17(20)15-6-5-9-23-15/h5-6,9-11H,7-8H2,1-4H3,(H,18,20). The van der Waals surface area contributed by atoms with Crippen LogP contribution in [0.5, 0.6) is 0 Å². The van der Waals surface area contributed by atoms with E-state index in [1.165, 1.54) is 21.9 Å². The molecule has 0 spiro atoms. The molecule has 2 rings (SSSR count). The third kappa shape index (κ3) is 4.36. The van der Waals surface area contributed by atoms with Gasteiger partial charge in [-0.05, 0) is 43.3 Å². The summed E-state index contributed by atoms with van der Waals surface area (Å²) in [6.45, 7) is 6.22. The van der Waals surface area contributed by atoms with E-state index < -0.39 is 10.0 Å². The van der Waals surface area contributed by atoms with Gasteiger partial charge in [-0.15, -0.1) is 11.3 Å². The highest BCUT2D eigenvalue weighted by molar-refractivity contribution is 7.92. The maximum absolute atomic E-state index is 12.2. The number of nitrogens with one attached hydrogen (secondary N) is 1. The molecule has 1 aromatic carbocycles. The molecule has 7 heteroatoms.